The van der Waals surface area contributed by atoms with Gasteiger partial charge in [-0.3, -0.25) is 15.0 Å². The number of carbonyl (C=O) groups excluding carboxylic acids is 2. The predicted molar refractivity (Wildman–Crippen MR) is 59.1 cm³/mol. The predicted octanol–water partition coefficient (Wildman–Crippen LogP) is -9.77. The third-order valence-electron chi connectivity index (χ3n) is 3.13. The van der Waals surface area contributed by atoms with Crippen molar-refractivity contribution in [2.24, 2.45) is 0 Å². The number of aliphatic hydroxyl groups is 2. The number of aliphatic hydroxyl groups excluding tert-OH is 2. The molecule has 0 radical (unpaired) electrons. The Kier molecular flexibility index (Phi) is 9.97. The van der Waals surface area contributed by atoms with E-state index in [1.54, 1.807) is 0 Å². The Hall–Kier alpha value is 0.930. The Bertz CT molecular complexity index is 490. The van der Waals surface area contributed by atoms with Gasteiger partial charge in [0.1, 0.15) is 18.3 Å². The summed E-state index contributed by atoms with van der Waals surface area (Å²) in [7, 11) is -5.25. The molecule has 4 unspecified atom stereocenters. The van der Waals surface area contributed by atoms with Gasteiger partial charge in [-0.1, -0.05) is 0 Å². The van der Waals surface area contributed by atoms with E-state index in [0.29, 0.717) is 0 Å². The maximum absolute atomic E-state index is 11.6. The smallest absolute Gasteiger partial charge is 0.790 e. The van der Waals surface area contributed by atoms with Gasteiger partial charge in [-0.05, 0) is 0 Å². The number of phosphoric acid groups is 1. The van der Waals surface area contributed by atoms with E-state index in [0.717, 1.165) is 4.90 Å². The molecule has 23 heavy (non-hydrogen) atoms. The monoisotopic (exact) mass is 370 g/mol. The first kappa shape index (κ1) is 23.9. The van der Waals surface area contributed by atoms with Crippen LogP contribution in [0.25, 0.3) is 0 Å². The number of nitrogens with zero attached hydrogens (tertiary/aromatic N) is 1. The van der Waals surface area contributed by atoms with Gasteiger partial charge in [-0.25, -0.2) is 4.79 Å². The Morgan fingerprint density at radius 1 is 1.30 bits per heavy atom. The van der Waals surface area contributed by atoms with Gasteiger partial charge in [-0.15, -0.1) is 0 Å². The second-order valence-electron chi connectivity index (χ2n) is 4.59. The van der Waals surface area contributed by atoms with Crippen LogP contribution in [0.1, 0.15) is 6.42 Å². The average Bonchev–Trinajstić information content (AvgIpc) is 2.64. The van der Waals surface area contributed by atoms with Crippen LogP contribution in [-0.2, 0) is 18.6 Å². The molecule has 4 atom stereocenters. The summed E-state index contributed by atoms with van der Waals surface area (Å²) in [5.74, 6) is -0.484. The maximum Gasteiger partial charge on any atom is 1.00 e. The fourth-order valence-electron chi connectivity index (χ4n) is 2.11. The standard InChI is InChI=1S/C9H15N2O9P.2Na/c12-5-1-2-11(9(15)10-5)8-7(14)6(13)4(20-8)3-19-21(16,17)18;;/h4,6-8,13-14H,1-3H2,(H,10,12,15)(H2,16,17,18);;/q;2*+1/p-2. The summed E-state index contributed by atoms with van der Waals surface area (Å²) in [5, 5.41) is 21.6. The van der Waals surface area contributed by atoms with Crippen molar-refractivity contribution >= 4 is 19.8 Å². The fourth-order valence-corrected chi connectivity index (χ4v) is 2.44. The second kappa shape index (κ2) is 9.58. The number of urea groups is 1. The van der Waals surface area contributed by atoms with Crippen LogP contribution in [0.15, 0.2) is 0 Å². The number of amides is 3. The van der Waals surface area contributed by atoms with Gasteiger partial charge in [0.15, 0.2) is 6.23 Å². The van der Waals surface area contributed by atoms with Gasteiger partial charge < -0.3 is 33.8 Å². The van der Waals surface area contributed by atoms with E-state index in [2.05, 4.69) is 4.52 Å². The van der Waals surface area contributed by atoms with Gasteiger partial charge in [-0.2, -0.15) is 0 Å². The van der Waals surface area contributed by atoms with E-state index in [4.69, 9.17) is 4.74 Å². The van der Waals surface area contributed by atoms with Gasteiger partial charge >= 0.3 is 65.1 Å². The zero-order valence-corrected chi connectivity index (χ0v) is 17.5. The quantitative estimate of drug-likeness (QED) is 0.321. The molecule has 2 heterocycles. The first-order chi connectivity index (χ1) is 9.69. The Morgan fingerprint density at radius 3 is 2.43 bits per heavy atom. The molecule has 2 aliphatic rings. The van der Waals surface area contributed by atoms with Crippen molar-refractivity contribution in [3.63, 3.8) is 0 Å². The molecule has 0 spiro atoms. The van der Waals surface area contributed by atoms with Crippen molar-refractivity contribution in [2.75, 3.05) is 13.2 Å². The summed E-state index contributed by atoms with van der Waals surface area (Å²) in [6.07, 6.45) is -5.67. The minimum absolute atomic E-state index is 0. The van der Waals surface area contributed by atoms with Crippen LogP contribution in [0.3, 0.4) is 0 Å². The van der Waals surface area contributed by atoms with E-state index in [9.17, 15) is 34.2 Å². The van der Waals surface area contributed by atoms with E-state index in [1.165, 1.54) is 0 Å². The van der Waals surface area contributed by atoms with Gasteiger partial charge in [0.05, 0.1) is 14.4 Å². The number of ether oxygens (including phenoxy) is 1. The topological polar surface area (TPSA) is 172 Å². The fraction of sp³-hybridized carbons (Fsp3) is 0.778. The molecule has 2 aliphatic heterocycles. The van der Waals surface area contributed by atoms with Crippen molar-refractivity contribution in [1.29, 1.82) is 0 Å². The molecule has 0 aromatic rings. The molecule has 2 fully saturated rings. The average molecular weight is 370 g/mol. The van der Waals surface area contributed by atoms with Gasteiger partial charge in [0, 0.05) is 13.0 Å². The van der Waals surface area contributed by atoms with Crippen molar-refractivity contribution < 1.29 is 103 Å². The van der Waals surface area contributed by atoms with Crippen molar-refractivity contribution in [3.05, 3.63) is 0 Å². The van der Waals surface area contributed by atoms with Crippen LogP contribution < -0.4 is 74.2 Å². The Morgan fingerprint density at radius 2 is 1.91 bits per heavy atom. The number of carbonyl (C=O) groups is 2. The molecule has 0 aromatic heterocycles. The normalized spacial score (nSPS) is 31.2. The molecule has 3 N–H and O–H groups in total. The number of hydrogen-bond donors (Lipinski definition) is 3. The summed E-state index contributed by atoms with van der Waals surface area (Å²) < 4.78 is 19.5. The molecule has 0 aliphatic carbocycles. The molecule has 0 saturated carbocycles. The summed E-state index contributed by atoms with van der Waals surface area (Å²) in [6, 6.07) is -0.803. The zero-order valence-electron chi connectivity index (χ0n) is 12.6. The van der Waals surface area contributed by atoms with Crippen molar-refractivity contribution in [3.8, 4) is 0 Å². The van der Waals surface area contributed by atoms with Crippen LogP contribution in [0.5, 0.6) is 0 Å². The summed E-state index contributed by atoms with van der Waals surface area (Å²) in [4.78, 5) is 44.4. The van der Waals surface area contributed by atoms with Gasteiger partial charge in [0.2, 0.25) is 5.91 Å². The molecular formula is C9H13N2Na2O9P. The van der Waals surface area contributed by atoms with E-state index in [1.807, 2.05) is 5.32 Å². The molecule has 3 amide bonds. The van der Waals surface area contributed by atoms with Crippen LogP contribution in [-0.4, -0.2) is 64.7 Å². The molecule has 120 valence electrons. The second-order valence-corrected chi connectivity index (χ2v) is 5.74. The van der Waals surface area contributed by atoms with Crippen LogP contribution in [0, 0.1) is 0 Å². The van der Waals surface area contributed by atoms with Crippen LogP contribution in [0.4, 0.5) is 4.79 Å². The minimum atomic E-state index is -5.25. The molecule has 0 bridgehead atoms. The third-order valence-corrected chi connectivity index (χ3v) is 3.59. The number of hydrogen-bond acceptors (Lipinski definition) is 9. The van der Waals surface area contributed by atoms with Crippen molar-refractivity contribution in [1.82, 2.24) is 10.2 Å². The molecule has 14 heteroatoms. The number of nitrogens with one attached hydrogen (secondary N) is 1. The zero-order chi connectivity index (χ0) is 15.8. The number of rotatable bonds is 4. The van der Waals surface area contributed by atoms with Crippen LogP contribution >= 0.6 is 7.82 Å². The first-order valence-corrected chi connectivity index (χ1v) is 7.44. The molecular weight excluding hydrogens is 357 g/mol. The summed E-state index contributed by atoms with van der Waals surface area (Å²) in [6.45, 7) is -0.818. The van der Waals surface area contributed by atoms with E-state index >= 15 is 0 Å². The largest absolute Gasteiger partial charge is 1.00 e. The molecule has 2 saturated heterocycles. The van der Waals surface area contributed by atoms with E-state index in [-0.39, 0.29) is 72.1 Å². The number of imide groups is 1. The number of phosphoric ester groups is 1. The maximum atomic E-state index is 11.6. The molecule has 2 rings (SSSR count). The Balaban J connectivity index is 0.00000242. The third kappa shape index (κ3) is 6.30. The van der Waals surface area contributed by atoms with E-state index < -0.39 is 50.9 Å². The molecule has 11 nitrogen and oxygen atoms in total. The summed E-state index contributed by atoms with van der Waals surface area (Å²) in [5.41, 5.74) is 0. The minimum Gasteiger partial charge on any atom is -0.790 e. The van der Waals surface area contributed by atoms with Crippen molar-refractivity contribution in [2.45, 2.75) is 31.0 Å². The van der Waals surface area contributed by atoms with Crippen LogP contribution in [0.2, 0.25) is 0 Å². The van der Waals surface area contributed by atoms with Gasteiger partial charge in [0.25, 0.3) is 0 Å². The SMILES string of the molecule is O=C1CCN(C2OC(COP(=O)([O-])[O-])C(O)C2O)C(=O)N1.[Na+].[Na+]. The first-order valence-electron chi connectivity index (χ1n) is 5.97. The Labute approximate surface area is 175 Å². The molecule has 0 aromatic carbocycles. The summed E-state index contributed by atoms with van der Waals surface area (Å²) >= 11 is 0.